The number of imidazole rings is 1. The summed E-state index contributed by atoms with van der Waals surface area (Å²) in [5.41, 5.74) is 0. The molecule has 0 N–H and O–H groups in total. The number of nitrogens with zero attached hydrogens (tertiary/aromatic N) is 2. The van der Waals surface area contributed by atoms with E-state index in [1.54, 1.807) is 12.4 Å². The van der Waals surface area contributed by atoms with E-state index in [9.17, 15) is 13.2 Å². The number of Topliss-reactive ketones (excluding diaryl/α,β-unsaturated/α-hetero) is 1. The van der Waals surface area contributed by atoms with E-state index in [0.29, 0.717) is 5.82 Å². The van der Waals surface area contributed by atoms with E-state index in [1.165, 1.54) is 0 Å². The first-order valence-electron chi connectivity index (χ1n) is 4.62. The van der Waals surface area contributed by atoms with Crippen molar-refractivity contribution in [3.05, 3.63) is 18.2 Å². The van der Waals surface area contributed by atoms with Crippen LogP contribution in [-0.2, 0) is 27.6 Å². The monoisotopic (exact) mass is 230 g/mol. The normalized spacial score (nSPS) is 11.6. The highest BCUT2D eigenvalue weighted by molar-refractivity contribution is 7.91. The van der Waals surface area contributed by atoms with Crippen LogP contribution in [0.15, 0.2) is 12.4 Å². The summed E-state index contributed by atoms with van der Waals surface area (Å²) < 4.78 is 23.6. The molecule has 1 rings (SSSR count). The number of sulfone groups is 1. The zero-order valence-corrected chi connectivity index (χ0v) is 9.62. The van der Waals surface area contributed by atoms with Crippen LogP contribution < -0.4 is 0 Å². The minimum atomic E-state index is -3.23. The second-order valence-electron chi connectivity index (χ2n) is 3.42. The predicted molar refractivity (Wildman–Crippen MR) is 56.3 cm³/mol. The first-order valence-corrected chi connectivity index (χ1v) is 6.68. The molecule has 15 heavy (non-hydrogen) atoms. The second kappa shape index (κ2) is 4.57. The minimum Gasteiger partial charge on any atom is -0.335 e. The van der Waals surface area contributed by atoms with Crippen LogP contribution in [0.25, 0.3) is 0 Å². The Bertz CT molecular complexity index is 448. The van der Waals surface area contributed by atoms with Crippen LogP contribution in [-0.4, -0.2) is 35.8 Å². The largest absolute Gasteiger partial charge is 0.335 e. The molecule has 84 valence electrons. The fourth-order valence-electron chi connectivity index (χ4n) is 1.31. The van der Waals surface area contributed by atoms with Gasteiger partial charge in [0, 0.05) is 25.2 Å². The highest BCUT2D eigenvalue weighted by Crippen LogP contribution is 2.00. The van der Waals surface area contributed by atoms with Gasteiger partial charge in [-0.15, -0.1) is 0 Å². The average molecular weight is 230 g/mol. The number of carbonyl (C=O) groups excluding carboxylic acids is 1. The lowest BCUT2D eigenvalue weighted by Crippen LogP contribution is -2.18. The van der Waals surface area contributed by atoms with Gasteiger partial charge in [0.15, 0.2) is 15.6 Å². The maximum Gasteiger partial charge on any atom is 0.155 e. The number of carbonyl (C=O) groups is 1. The van der Waals surface area contributed by atoms with Gasteiger partial charge in [-0.05, 0) is 6.92 Å². The highest BCUT2D eigenvalue weighted by Gasteiger charge is 2.13. The molecule has 0 amide bonds. The van der Waals surface area contributed by atoms with Crippen molar-refractivity contribution in [3.63, 3.8) is 0 Å². The van der Waals surface area contributed by atoms with Crippen LogP contribution in [0.5, 0.6) is 0 Å². The first-order chi connectivity index (χ1) is 6.92. The summed E-state index contributed by atoms with van der Waals surface area (Å²) in [6, 6.07) is 0. The van der Waals surface area contributed by atoms with Crippen molar-refractivity contribution in [2.75, 3.05) is 12.0 Å². The Morgan fingerprint density at radius 3 is 2.73 bits per heavy atom. The van der Waals surface area contributed by atoms with E-state index in [-0.39, 0.29) is 12.2 Å². The molecular formula is C9H14N2O3S. The number of hydrogen-bond donors (Lipinski definition) is 0. The molecule has 0 saturated carbocycles. The molecule has 0 radical (unpaired) electrons. The van der Waals surface area contributed by atoms with Gasteiger partial charge in [0.25, 0.3) is 0 Å². The second-order valence-corrected chi connectivity index (χ2v) is 5.56. The summed E-state index contributed by atoms with van der Waals surface area (Å²) in [6.45, 7) is 2.66. The fourth-order valence-corrected chi connectivity index (χ4v) is 2.00. The van der Waals surface area contributed by atoms with Crippen LogP contribution in [0, 0.1) is 0 Å². The molecule has 0 bridgehead atoms. The molecule has 5 nitrogen and oxygen atoms in total. The predicted octanol–water partition coefficient (Wildman–Crippen LogP) is 0.0592. The lowest BCUT2D eigenvalue weighted by molar-refractivity contribution is -0.116. The van der Waals surface area contributed by atoms with E-state index in [0.717, 1.165) is 12.8 Å². The maximum absolute atomic E-state index is 11.4. The van der Waals surface area contributed by atoms with Gasteiger partial charge in [-0.1, -0.05) is 0 Å². The summed E-state index contributed by atoms with van der Waals surface area (Å²) in [4.78, 5) is 15.4. The average Bonchev–Trinajstić information content (AvgIpc) is 2.48. The van der Waals surface area contributed by atoms with Crippen molar-refractivity contribution in [1.29, 1.82) is 0 Å². The van der Waals surface area contributed by atoms with Crippen LogP contribution in [0.1, 0.15) is 12.7 Å². The Hall–Kier alpha value is -1.17. The Labute approximate surface area is 89.0 Å². The smallest absolute Gasteiger partial charge is 0.155 e. The Balaban J connectivity index is 2.67. The third-order valence-electron chi connectivity index (χ3n) is 1.92. The van der Waals surface area contributed by atoms with E-state index in [4.69, 9.17) is 0 Å². The van der Waals surface area contributed by atoms with Crippen LogP contribution in [0.4, 0.5) is 0 Å². The van der Waals surface area contributed by atoms with Crippen molar-refractivity contribution in [2.24, 2.45) is 0 Å². The third kappa shape index (κ3) is 3.83. The van der Waals surface area contributed by atoms with Crippen molar-refractivity contribution >= 4 is 15.6 Å². The molecule has 1 aromatic rings. The molecule has 0 aromatic carbocycles. The van der Waals surface area contributed by atoms with Crippen molar-refractivity contribution in [1.82, 2.24) is 9.55 Å². The molecule has 0 spiro atoms. The lowest BCUT2D eigenvalue weighted by atomic mass is 10.3. The van der Waals surface area contributed by atoms with Crippen LogP contribution >= 0.6 is 0 Å². The van der Waals surface area contributed by atoms with Crippen molar-refractivity contribution in [3.8, 4) is 0 Å². The third-order valence-corrected chi connectivity index (χ3v) is 2.77. The SMILES string of the molecule is CCn1ccnc1CC(=O)CS(C)(=O)=O. The molecule has 0 saturated heterocycles. The molecule has 1 heterocycles. The van der Waals surface area contributed by atoms with Gasteiger partial charge in [-0.2, -0.15) is 0 Å². The van der Waals surface area contributed by atoms with Gasteiger partial charge < -0.3 is 4.57 Å². The first kappa shape index (κ1) is 11.9. The quantitative estimate of drug-likeness (QED) is 0.717. The summed E-state index contributed by atoms with van der Waals surface area (Å²) >= 11 is 0. The number of ketones is 1. The molecule has 0 aliphatic heterocycles. The van der Waals surface area contributed by atoms with E-state index < -0.39 is 15.6 Å². The van der Waals surface area contributed by atoms with Gasteiger partial charge in [0.1, 0.15) is 11.6 Å². The fraction of sp³-hybridized carbons (Fsp3) is 0.556. The van der Waals surface area contributed by atoms with Gasteiger partial charge in [0.2, 0.25) is 0 Å². The molecule has 0 unspecified atom stereocenters. The Kier molecular flexibility index (Phi) is 3.62. The van der Waals surface area contributed by atoms with E-state index in [1.807, 2.05) is 11.5 Å². The standard InChI is InChI=1S/C9H14N2O3S/c1-3-11-5-4-10-9(11)6-8(12)7-15(2,13)14/h4-5H,3,6-7H2,1-2H3. The lowest BCUT2D eigenvalue weighted by Gasteiger charge is -2.03. The zero-order valence-electron chi connectivity index (χ0n) is 8.80. The molecule has 0 atom stereocenters. The highest BCUT2D eigenvalue weighted by atomic mass is 32.2. The minimum absolute atomic E-state index is 0.0773. The number of aromatic nitrogens is 2. The molecule has 0 aliphatic carbocycles. The number of rotatable bonds is 5. The number of aryl methyl sites for hydroxylation is 1. The molecule has 6 heteroatoms. The van der Waals surface area contributed by atoms with Gasteiger partial charge >= 0.3 is 0 Å². The summed E-state index contributed by atoms with van der Waals surface area (Å²) in [6.07, 6.45) is 4.50. The van der Waals surface area contributed by atoms with Crippen molar-refractivity contribution < 1.29 is 13.2 Å². The van der Waals surface area contributed by atoms with Crippen LogP contribution in [0.2, 0.25) is 0 Å². The molecule has 0 aliphatic rings. The van der Waals surface area contributed by atoms with Crippen LogP contribution in [0.3, 0.4) is 0 Å². The van der Waals surface area contributed by atoms with Gasteiger partial charge in [0.05, 0.1) is 6.42 Å². The summed E-state index contributed by atoms with van der Waals surface area (Å²) in [5.74, 6) is -0.117. The molecular weight excluding hydrogens is 216 g/mol. The summed E-state index contributed by atoms with van der Waals surface area (Å²) in [5, 5.41) is 0. The summed E-state index contributed by atoms with van der Waals surface area (Å²) in [7, 11) is -3.23. The Morgan fingerprint density at radius 2 is 2.20 bits per heavy atom. The molecule has 1 aromatic heterocycles. The van der Waals surface area contributed by atoms with Gasteiger partial charge in [-0.3, -0.25) is 4.79 Å². The zero-order chi connectivity index (χ0) is 11.5. The molecule has 0 fully saturated rings. The number of hydrogen-bond acceptors (Lipinski definition) is 4. The maximum atomic E-state index is 11.4. The van der Waals surface area contributed by atoms with E-state index in [2.05, 4.69) is 4.98 Å². The van der Waals surface area contributed by atoms with Gasteiger partial charge in [-0.25, -0.2) is 13.4 Å². The van der Waals surface area contributed by atoms with E-state index >= 15 is 0 Å². The Morgan fingerprint density at radius 1 is 1.53 bits per heavy atom. The topological polar surface area (TPSA) is 69.0 Å². The van der Waals surface area contributed by atoms with Crippen molar-refractivity contribution in [2.45, 2.75) is 19.9 Å².